The van der Waals surface area contributed by atoms with E-state index in [1.54, 1.807) is 0 Å². The first-order valence-corrected chi connectivity index (χ1v) is 5.45. The van der Waals surface area contributed by atoms with Crippen molar-refractivity contribution in [3.63, 3.8) is 0 Å². The van der Waals surface area contributed by atoms with Crippen LogP contribution >= 0.6 is 0 Å². The van der Waals surface area contributed by atoms with Gasteiger partial charge in [0.15, 0.2) is 0 Å². The molecule has 1 aromatic rings. The van der Waals surface area contributed by atoms with Gasteiger partial charge in [0.2, 0.25) is 0 Å². The van der Waals surface area contributed by atoms with Gasteiger partial charge >= 0.3 is 11.9 Å². The van der Waals surface area contributed by atoms with Crippen LogP contribution in [0.25, 0.3) is 0 Å². The predicted molar refractivity (Wildman–Crippen MR) is 66.2 cm³/mol. The summed E-state index contributed by atoms with van der Waals surface area (Å²) in [5.74, 6) is -1.86. The molecule has 0 amide bonds. The standard InChI is InChI=1S/C9H11N.C4H4O4/c10-9-6-8(9)7-4-2-1-3-5-7;5-3(6)1-2-4(7)8/h1-5,8-9H,6,10H2;1-2H,(H,5,6)(H,7,8)/t8-,9+;/m0./s1. The molecule has 1 saturated carbocycles. The van der Waals surface area contributed by atoms with Crippen molar-refractivity contribution in [2.75, 3.05) is 0 Å². The van der Waals surface area contributed by atoms with Gasteiger partial charge in [0.05, 0.1) is 0 Å². The molecule has 96 valence electrons. The molecule has 0 unspecified atom stereocenters. The van der Waals surface area contributed by atoms with Crippen LogP contribution in [0.2, 0.25) is 0 Å². The van der Waals surface area contributed by atoms with Crippen molar-refractivity contribution < 1.29 is 19.8 Å². The van der Waals surface area contributed by atoms with Crippen LogP contribution in [0.5, 0.6) is 0 Å². The second-order valence-corrected chi connectivity index (χ2v) is 3.93. The molecular weight excluding hydrogens is 234 g/mol. The summed E-state index contributed by atoms with van der Waals surface area (Å²) in [5.41, 5.74) is 7.10. The van der Waals surface area contributed by atoms with E-state index in [0.717, 1.165) is 0 Å². The Morgan fingerprint density at radius 2 is 1.56 bits per heavy atom. The van der Waals surface area contributed by atoms with Crippen LogP contribution in [0.3, 0.4) is 0 Å². The molecule has 4 N–H and O–H groups in total. The van der Waals surface area contributed by atoms with Gasteiger partial charge in [-0.3, -0.25) is 0 Å². The van der Waals surface area contributed by atoms with Gasteiger partial charge in [0, 0.05) is 24.1 Å². The summed E-state index contributed by atoms with van der Waals surface area (Å²) >= 11 is 0. The minimum absolute atomic E-state index is 0.433. The average Bonchev–Trinajstić information content (AvgIpc) is 3.06. The smallest absolute Gasteiger partial charge is 0.328 e. The summed E-state index contributed by atoms with van der Waals surface area (Å²) in [6, 6.07) is 10.9. The van der Waals surface area contributed by atoms with Crippen molar-refractivity contribution in [1.29, 1.82) is 0 Å². The van der Waals surface area contributed by atoms with Gasteiger partial charge in [-0.25, -0.2) is 9.59 Å². The number of aliphatic carboxylic acids is 2. The number of hydrogen-bond acceptors (Lipinski definition) is 3. The topological polar surface area (TPSA) is 101 Å². The minimum atomic E-state index is -1.26. The largest absolute Gasteiger partial charge is 0.478 e. The van der Waals surface area contributed by atoms with Gasteiger partial charge in [-0.05, 0) is 12.0 Å². The Labute approximate surface area is 105 Å². The molecule has 1 fully saturated rings. The Kier molecular flexibility index (Phi) is 5.07. The summed E-state index contributed by atoms with van der Waals surface area (Å²) in [5, 5.41) is 15.6. The van der Waals surface area contributed by atoms with E-state index >= 15 is 0 Å². The first-order chi connectivity index (χ1) is 8.50. The van der Waals surface area contributed by atoms with Crippen LogP contribution in [-0.2, 0) is 9.59 Å². The van der Waals surface area contributed by atoms with Gasteiger partial charge in [-0.15, -0.1) is 0 Å². The highest BCUT2D eigenvalue weighted by molar-refractivity contribution is 5.89. The van der Waals surface area contributed by atoms with Crippen molar-refractivity contribution in [3.05, 3.63) is 48.0 Å². The van der Waals surface area contributed by atoms with Crippen molar-refractivity contribution >= 4 is 11.9 Å². The molecule has 0 spiro atoms. The third kappa shape index (κ3) is 5.27. The highest BCUT2D eigenvalue weighted by Gasteiger charge is 2.34. The van der Waals surface area contributed by atoms with Gasteiger partial charge < -0.3 is 15.9 Å². The maximum atomic E-state index is 9.55. The summed E-state index contributed by atoms with van der Waals surface area (Å²) in [4.78, 5) is 19.1. The quantitative estimate of drug-likeness (QED) is 0.699. The number of carboxylic acids is 2. The monoisotopic (exact) mass is 249 g/mol. The van der Waals surface area contributed by atoms with E-state index in [1.807, 2.05) is 6.07 Å². The molecule has 0 radical (unpaired) electrons. The van der Waals surface area contributed by atoms with E-state index in [2.05, 4.69) is 24.3 Å². The molecule has 5 nitrogen and oxygen atoms in total. The molecule has 2 rings (SSSR count). The summed E-state index contributed by atoms with van der Waals surface area (Å²) < 4.78 is 0. The number of nitrogens with two attached hydrogens (primary N) is 1. The van der Waals surface area contributed by atoms with E-state index in [1.165, 1.54) is 12.0 Å². The summed E-state index contributed by atoms with van der Waals surface area (Å²) in [7, 11) is 0. The minimum Gasteiger partial charge on any atom is -0.478 e. The van der Waals surface area contributed by atoms with Crippen molar-refractivity contribution in [3.8, 4) is 0 Å². The van der Waals surface area contributed by atoms with Crippen molar-refractivity contribution in [2.24, 2.45) is 5.73 Å². The second-order valence-electron chi connectivity index (χ2n) is 3.93. The number of rotatable bonds is 3. The third-order valence-electron chi connectivity index (χ3n) is 2.44. The average molecular weight is 249 g/mol. The fourth-order valence-electron chi connectivity index (χ4n) is 1.44. The zero-order valence-electron chi connectivity index (χ0n) is 9.69. The predicted octanol–water partition coefficient (Wildman–Crippen LogP) is 1.21. The molecule has 0 aliphatic heterocycles. The van der Waals surface area contributed by atoms with Crippen molar-refractivity contribution in [1.82, 2.24) is 0 Å². The van der Waals surface area contributed by atoms with Crippen LogP contribution in [-0.4, -0.2) is 28.2 Å². The Hall–Kier alpha value is -2.14. The zero-order chi connectivity index (χ0) is 13.5. The first-order valence-electron chi connectivity index (χ1n) is 5.45. The molecule has 2 atom stereocenters. The summed E-state index contributed by atoms with van der Waals surface area (Å²) in [6.45, 7) is 0. The maximum absolute atomic E-state index is 9.55. The van der Waals surface area contributed by atoms with Crippen molar-refractivity contribution in [2.45, 2.75) is 18.4 Å². The highest BCUT2D eigenvalue weighted by Crippen LogP contribution is 2.38. The van der Waals surface area contributed by atoms with Crippen LogP contribution < -0.4 is 5.73 Å². The van der Waals surface area contributed by atoms with Crippen LogP contribution in [0, 0.1) is 0 Å². The molecule has 1 aromatic carbocycles. The molecule has 18 heavy (non-hydrogen) atoms. The lowest BCUT2D eigenvalue weighted by Gasteiger charge is -1.94. The molecular formula is C13H15NO4. The molecule has 5 heteroatoms. The lowest BCUT2D eigenvalue weighted by atomic mass is 10.1. The molecule has 0 aromatic heterocycles. The van der Waals surface area contributed by atoms with E-state index in [-0.39, 0.29) is 0 Å². The fraction of sp³-hybridized carbons (Fsp3) is 0.231. The van der Waals surface area contributed by atoms with Crippen LogP contribution in [0.15, 0.2) is 42.5 Å². The third-order valence-corrected chi connectivity index (χ3v) is 2.44. The number of benzene rings is 1. The Morgan fingerprint density at radius 3 is 1.89 bits per heavy atom. The maximum Gasteiger partial charge on any atom is 0.328 e. The normalized spacial score (nSPS) is 20.9. The lowest BCUT2D eigenvalue weighted by molar-refractivity contribution is -0.134. The second kappa shape index (κ2) is 6.56. The Bertz CT molecular complexity index is 426. The van der Waals surface area contributed by atoms with E-state index < -0.39 is 11.9 Å². The van der Waals surface area contributed by atoms with Gasteiger partial charge in [-0.2, -0.15) is 0 Å². The molecule has 1 aliphatic carbocycles. The molecule has 0 heterocycles. The lowest BCUT2D eigenvalue weighted by Crippen LogP contribution is -2.00. The number of hydrogen-bond donors (Lipinski definition) is 3. The number of carboxylic acid groups (broad SMARTS) is 2. The van der Waals surface area contributed by atoms with Gasteiger partial charge in [0.25, 0.3) is 0 Å². The van der Waals surface area contributed by atoms with E-state index in [9.17, 15) is 9.59 Å². The van der Waals surface area contributed by atoms with Gasteiger partial charge in [0.1, 0.15) is 0 Å². The Morgan fingerprint density at radius 1 is 1.11 bits per heavy atom. The number of carbonyl (C=O) groups is 2. The molecule has 0 bridgehead atoms. The van der Waals surface area contributed by atoms with Crippen LogP contribution in [0.1, 0.15) is 17.9 Å². The Balaban J connectivity index is 0.000000187. The van der Waals surface area contributed by atoms with Gasteiger partial charge in [-0.1, -0.05) is 30.3 Å². The van der Waals surface area contributed by atoms with Crippen LogP contribution in [0.4, 0.5) is 0 Å². The van der Waals surface area contributed by atoms with E-state index in [0.29, 0.717) is 24.1 Å². The summed E-state index contributed by atoms with van der Waals surface area (Å²) in [6.07, 6.45) is 2.29. The highest BCUT2D eigenvalue weighted by atomic mass is 16.4. The molecule has 1 aliphatic rings. The SMILES string of the molecule is N[C@@H]1C[C@H]1c1ccccc1.O=C(O)C=CC(=O)O. The zero-order valence-corrected chi connectivity index (χ0v) is 9.69. The molecule has 0 saturated heterocycles. The fourth-order valence-corrected chi connectivity index (χ4v) is 1.44. The van der Waals surface area contributed by atoms with E-state index in [4.69, 9.17) is 15.9 Å². The first kappa shape index (κ1) is 13.9.